The van der Waals surface area contributed by atoms with Gasteiger partial charge >= 0.3 is 5.97 Å². The Labute approximate surface area is 114 Å². The summed E-state index contributed by atoms with van der Waals surface area (Å²) in [6.45, 7) is 0.568. The van der Waals surface area contributed by atoms with E-state index in [2.05, 4.69) is 21.2 Å². The van der Waals surface area contributed by atoms with Crippen LogP contribution in [0.2, 0.25) is 0 Å². The number of benzene rings is 1. The van der Waals surface area contributed by atoms with Gasteiger partial charge in [-0.2, -0.15) is 0 Å². The Morgan fingerprint density at radius 1 is 1.44 bits per heavy atom. The van der Waals surface area contributed by atoms with Crippen LogP contribution in [0.5, 0.6) is 0 Å². The molecule has 98 valence electrons. The largest absolute Gasteiger partial charge is 0.478 e. The lowest BCUT2D eigenvalue weighted by Gasteiger charge is -2.19. The van der Waals surface area contributed by atoms with Gasteiger partial charge in [-0.1, -0.05) is 0 Å². The zero-order chi connectivity index (χ0) is 13.7. The van der Waals surface area contributed by atoms with Gasteiger partial charge in [0, 0.05) is 37.2 Å². The zero-order valence-electron chi connectivity index (χ0n) is 10.2. The highest BCUT2D eigenvalue weighted by molar-refractivity contribution is 9.10. The number of carbonyl (C=O) groups excluding carboxylic acids is 1. The molecule has 5 nitrogen and oxygen atoms in total. The van der Waals surface area contributed by atoms with Gasteiger partial charge in [0.1, 0.15) is 0 Å². The van der Waals surface area contributed by atoms with Crippen LogP contribution in [0.1, 0.15) is 16.8 Å². The number of carboxylic acid groups (broad SMARTS) is 1. The van der Waals surface area contributed by atoms with E-state index in [1.54, 1.807) is 19.2 Å². The smallest absolute Gasteiger partial charge is 0.336 e. The number of halogens is 1. The van der Waals surface area contributed by atoms with Crippen LogP contribution in [-0.4, -0.2) is 37.6 Å². The maximum absolute atomic E-state index is 11.1. The van der Waals surface area contributed by atoms with Gasteiger partial charge in [-0.05, 0) is 34.1 Å². The minimum atomic E-state index is -0.971. The zero-order valence-corrected chi connectivity index (χ0v) is 11.8. The molecule has 0 bridgehead atoms. The van der Waals surface area contributed by atoms with E-state index in [1.165, 1.54) is 6.07 Å². The Morgan fingerprint density at radius 2 is 2.11 bits per heavy atom. The van der Waals surface area contributed by atoms with Crippen molar-refractivity contribution < 1.29 is 14.7 Å². The summed E-state index contributed by atoms with van der Waals surface area (Å²) in [5, 5.41) is 11.5. The number of hydrogen-bond donors (Lipinski definition) is 2. The minimum absolute atomic E-state index is 0.0249. The number of nitrogens with one attached hydrogen (secondary N) is 1. The average molecular weight is 315 g/mol. The summed E-state index contributed by atoms with van der Waals surface area (Å²) in [5.41, 5.74) is 1.08. The molecule has 6 heteroatoms. The molecule has 0 fully saturated rings. The topological polar surface area (TPSA) is 69.6 Å². The minimum Gasteiger partial charge on any atom is -0.478 e. The molecule has 18 heavy (non-hydrogen) atoms. The number of carboxylic acids is 1. The molecule has 0 atom stereocenters. The van der Waals surface area contributed by atoms with E-state index in [9.17, 15) is 9.59 Å². The van der Waals surface area contributed by atoms with Gasteiger partial charge < -0.3 is 15.3 Å². The van der Waals surface area contributed by atoms with Crippen molar-refractivity contribution in [2.75, 3.05) is 25.5 Å². The summed E-state index contributed by atoms with van der Waals surface area (Å²) in [6.07, 6.45) is 0.394. The van der Waals surface area contributed by atoms with Gasteiger partial charge in [0.2, 0.25) is 5.91 Å². The van der Waals surface area contributed by atoms with Gasteiger partial charge in [0.15, 0.2) is 0 Å². The monoisotopic (exact) mass is 314 g/mol. The third-order valence-electron chi connectivity index (χ3n) is 2.58. The van der Waals surface area contributed by atoms with Gasteiger partial charge in [0.25, 0.3) is 0 Å². The summed E-state index contributed by atoms with van der Waals surface area (Å²) in [7, 11) is 3.45. The molecule has 0 radical (unpaired) electrons. The first-order chi connectivity index (χ1) is 8.45. The fourth-order valence-corrected chi connectivity index (χ4v) is 1.97. The molecule has 0 saturated carbocycles. The van der Waals surface area contributed by atoms with Crippen LogP contribution in [0, 0.1) is 0 Å². The number of amides is 1. The SMILES string of the molecule is CNC(=O)CCN(C)c1ccc(C(=O)O)c(Br)c1. The summed E-state index contributed by atoms with van der Waals surface area (Å²) >= 11 is 3.22. The Hall–Kier alpha value is -1.56. The summed E-state index contributed by atoms with van der Waals surface area (Å²) in [5.74, 6) is -0.996. The lowest BCUT2D eigenvalue weighted by Crippen LogP contribution is -2.26. The first-order valence-electron chi connectivity index (χ1n) is 5.40. The van der Waals surface area contributed by atoms with E-state index >= 15 is 0 Å². The van der Waals surface area contributed by atoms with Crippen molar-refractivity contribution in [3.63, 3.8) is 0 Å². The van der Waals surface area contributed by atoms with Crippen molar-refractivity contribution in [2.24, 2.45) is 0 Å². The number of nitrogens with zero attached hydrogens (tertiary/aromatic N) is 1. The second kappa shape index (κ2) is 6.39. The maximum Gasteiger partial charge on any atom is 0.336 e. The molecule has 0 aliphatic heterocycles. The number of anilines is 1. The van der Waals surface area contributed by atoms with E-state index in [-0.39, 0.29) is 11.5 Å². The predicted molar refractivity (Wildman–Crippen MR) is 73.1 cm³/mol. The fraction of sp³-hybridized carbons (Fsp3) is 0.333. The lowest BCUT2D eigenvalue weighted by atomic mass is 10.2. The Bertz CT molecular complexity index is 463. The molecule has 0 heterocycles. The molecule has 0 aromatic heterocycles. The third kappa shape index (κ3) is 3.73. The Kier molecular flexibility index (Phi) is 5.15. The second-order valence-electron chi connectivity index (χ2n) is 3.81. The second-order valence-corrected chi connectivity index (χ2v) is 4.67. The highest BCUT2D eigenvalue weighted by atomic mass is 79.9. The molecule has 1 amide bonds. The molecule has 0 unspecified atom stereocenters. The van der Waals surface area contributed by atoms with Crippen molar-refractivity contribution in [3.05, 3.63) is 28.2 Å². The van der Waals surface area contributed by atoms with Crippen LogP contribution in [0.15, 0.2) is 22.7 Å². The maximum atomic E-state index is 11.1. The summed E-state index contributed by atoms with van der Waals surface area (Å²) in [4.78, 5) is 23.9. The highest BCUT2D eigenvalue weighted by Crippen LogP contribution is 2.23. The number of aromatic carboxylic acids is 1. The highest BCUT2D eigenvalue weighted by Gasteiger charge is 2.10. The van der Waals surface area contributed by atoms with Crippen LogP contribution in [0.4, 0.5) is 5.69 Å². The van der Waals surface area contributed by atoms with Crippen molar-refractivity contribution in [3.8, 4) is 0 Å². The van der Waals surface area contributed by atoms with Crippen LogP contribution < -0.4 is 10.2 Å². The predicted octanol–water partition coefficient (Wildman–Crippen LogP) is 1.72. The van der Waals surface area contributed by atoms with Crippen molar-refractivity contribution >= 4 is 33.5 Å². The molecule has 0 aliphatic carbocycles. The number of hydrogen-bond acceptors (Lipinski definition) is 3. The average Bonchev–Trinajstić information content (AvgIpc) is 2.34. The van der Waals surface area contributed by atoms with Gasteiger partial charge in [-0.15, -0.1) is 0 Å². The Balaban J connectivity index is 2.75. The van der Waals surface area contributed by atoms with Crippen molar-refractivity contribution in [1.82, 2.24) is 5.32 Å². The summed E-state index contributed by atoms with van der Waals surface area (Å²) in [6, 6.07) is 4.99. The van der Waals surface area contributed by atoms with E-state index in [4.69, 9.17) is 5.11 Å². The van der Waals surface area contributed by atoms with E-state index in [0.717, 1.165) is 5.69 Å². The van der Waals surface area contributed by atoms with E-state index in [0.29, 0.717) is 17.4 Å². The van der Waals surface area contributed by atoms with Crippen molar-refractivity contribution in [1.29, 1.82) is 0 Å². The van der Waals surface area contributed by atoms with Gasteiger partial charge in [-0.25, -0.2) is 4.79 Å². The lowest BCUT2D eigenvalue weighted by molar-refractivity contribution is -0.120. The fourth-order valence-electron chi connectivity index (χ4n) is 1.44. The van der Waals surface area contributed by atoms with E-state index < -0.39 is 5.97 Å². The number of rotatable bonds is 5. The first kappa shape index (κ1) is 14.5. The normalized spacial score (nSPS) is 9.94. The quantitative estimate of drug-likeness (QED) is 0.868. The molecule has 2 N–H and O–H groups in total. The van der Waals surface area contributed by atoms with Crippen molar-refractivity contribution in [2.45, 2.75) is 6.42 Å². The molecule has 0 aliphatic rings. The molecule has 1 aromatic carbocycles. The van der Waals surface area contributed by atoms with Crippen LogP contribution in [0.25, 0.3) is 0 Å². The Morgan fingerprint density at radius 3 is 2.61 bits per heavy atom. The molecule has 1 aromatic rings. The molecular weight excluding hydrogens is 300 g/mol. The third-order valence-corrected chi connectivity index (χ3v) is 3.23. The molecule has 1 rings (SSSR count). The summed E-state index contributed by atoms with van der Waals surface area (Å²) < 4.78 is 0.527. The first-order valence-corrected chi connectivity index (χ1v) is 6.19. The molecule has 0 saturated heterocycles. The van der Waals surface area contributed by atoms with Crippen LogP contribution in [0.3, 0.4) is 0 Å². The van der Waals surface area contributed by atoms with E-state index in [1.807, 2.05) is 11.9 Å². The number of carbonyl (C=O) groups is 2. The van der Waals surface area contributed by atoms with Gasteiger partial charge in [-0.3, -0.25) is 4.79 Å². The standard InChI is InChI=1S/C12H15BrN2O3/c1-14-11(16)5-6-15(2)8-3-4-9(12(17)18)10(13)7-8/h3-4,7H,5-6H2,1-2H3,(H,14,16)(H,17,18). The van der Waals surface area contributed by atoms with Gasteiger partial charge in [0.05, 0.1) is 5.56 Å². The molecule has 0 spiro atoms. The van der Waals surface area contributed by atoms with Crippen LogP contribution >= 0.6 is 15.9 Å². The molecular formula is C12H15BrN2O3. The van der Waals surface area contributed by atoms with Crippen LogP contribution in [-0.2, 0) is 4.79 Å².